The third kappa shape index (κ3) is 2.65. The van der Waals surface area contributed by atoms with Crippen molar-refractivity contribution in [1.82, 2.24) is 9.55 Å². The van der Waals surface area contributed by atoms with Crippen LogP contribution in [0.5, 0.6) is 5.75 Å². The lowest BCUT2D eigenvalue weighted by Crippen LogP contribution is -2.16. The van der Waals surface area contributed by atoms with E-state index in [1.54, 1.807) is 6.20 Å². The van der Waals surface area contributed by atoms with Crippen molar-refractivity contribution < 1.29 is 9.84 Å². The van der Waals surface area contributed by atoms with Crippen molar-refractivity contribution in [3.8, 4) is 11.4 Å². The zero-order valence-corrected chi connectivity index (χ0v) is 10.00. The number of aromatic nitrogens is 2. The van der Waals surface area contributed by atoms with Gasteiger partial charge in [0.05, 0.1) is 12.3 Å². The van der Waals surface area contributed by atoms with Gasteiger partial charge in [-0.25, -0.2) is 4.98 Å². The van der Waals surface area contributed by atoms with Crippen LogP contribution in [0.3, 0.4) is 0 Å². The molecule has 0 aliphatic heterocycles. The lowest BCUT2D eigenvalue weighted by atomic mass is 10.3. The number of hydrogen-bond donors (Lipinski definition) is 1. The molecule has 17 heavy (non-hydrogen) atoms. The highest BCUT2D eigenvalue weighted by atomic mass is 16.5. The van der Waals surface area contributed by atoms with Gasteiger partial charge in [0.2, 0.25) is 0 Å². The maximum atomic E-state index is 8.95. The van der Waals surface area contributed by atoms with E-state index in [1.807, 2.05) is 48.9 Å². The van der Waals surface area contributed by atoms with Gasteiger partial charge in [-0.3, -0.25) is 0 Å². The topological polar surface area (TPSA) is 47.3 Å². The van der Waals surface area contributed by atoms with E-state index in [4.69, 9.17) is 9.84 Å². The fraction of sp³-hybridized carbons (Fsp3) is 0.308. The number of aliphatic hydroxyl groups excluding tert-OH is 1. The molecule has 2 rings (SSSR count). The first kappa shape index (κ1) is 11.7. The predicted octanol–water partition coefficient (Wildman–Crippen LogP) is 1.94. The molecule has 1 unspecified atom stereocenters. The quantitative estimate of drug-likeness (QED) is 0.876. The molecular weight excluding hydrogens is 216 g/mol. The Morgan fingerprint density at radius 3 is 2.94 bits per heavy atom. The summed E-state index contributed by atoms with van der Waals surface area (Å²) in [6.45, 7) is 3.79. The number of nitrogens with zero attached hydrogens (tertiary/aromatic N) is 2. The summed E-state index contributed by atoms with van der Waals surface area (Å²) in [7, 11) is 0. The van der Waals surface area contributed by atoms with Crippen LogP contribution in [0.15, 0.2) is 36.7 Å². The molecule has 0 aliphatic rings. The number of imidazole rings is 1. The van der Waals surface area contributed by atoms with E-state index in [9.17, 15) is 0 Å². The molecule has 0 saturated heterocycles. The van der Waals surface area contributed by atoms with Gasteiger partial charge in [0, 0.05) is 18.5 Å². The number of hydrogen-bond acceptors (Lipinski definition) is 3. The van der Waals surface area contributed by atoms with Crippen molar-refractivity contribution in [3.63, 3.8) is 0 Å². The van der Waals surface area contributed by atoms with Gasteiger partial charge < -0.3 is 14.4 Å². The van der Waals surface area contributed by atoms with E-state index >= 15 is 0 Å². The molecule has 1 N–H and O–H groups in total. The Balaban J connectivity index is 2.26. The second kappa shape index (κ2) is 5.01. The van der Waals surface area contributed by atoms with Crippen LogP contribution in [0.2, 0.25) is 0 Å². The van der Waals surface area contributed by atoms with Crippen molar-refractivity contribution >= 4 is 0 Å². The molecule has 1 atom stereocenters. The van der Waals surface area contributed by atoms with Gasteiger partial charge in [0.1, 0.15) is 17.7 Å². The minimum Gasteiger partial charge on any atom is -0.488 e. The van der Waals surface area contributed by atoms with Crippen molar-refractivity contribution in [2.75, 3.05) is 6.61 Å². The summed E-state index contributed by atoms with van der Waals surface area (Å²) in [6.07, 6.45) is 3.47. The first-order valence-corrected chi connectivity index (χ1v) is 5.58. The third-order valence-electron chi connectivity index (χ3n) is 2.52. The number of ether oxygens (including phenoxy) is 1. The van der Waals surface area contributed by atoms with Crippen LogP contribution >= 0.6 is 0 Å². The molecule has 0 aliphatic carbocycles. The van der Waals surface area contributed by atoms with Gasteiger partial charge in [-0.1, -0.05) is 6.07 Å². The first-order valence-electron chi connectivity index (χ1n) is 5.58. The number of benzene rings is 1. The van der Waals surface area contributed by atoms with Crippen LogP contribution in [-0.4, -0.2) is 27.4 Å². The zero-order chi connectivity index (χ0) is 12.3. The second-order valence-electron chi connectivity index (χ2n) is 3.95. The smallest absolute Gasteiger partial charge is 0.121 e. The minimum atomic E-state index is -0.200. The van der Waals surface area contributed by atoms with Crippen LogP contribution in [0.1, 0.15) is 12.7 Å². The van der Waals surface area contributed by atoms with E-state index < -0.39 is 0 Å². The van der Waals surface area contributed by atoms with Crippen LogP contribution in [0.4, 0.5) is 0 Å². The highest BCUT2D eigenvalue weighted by Gasteiger charge is 2.05. The summed E-state index contributed by atoms with van der Waals surface area (Å²) in [5.41, 5.74) is 1.00. The molecule has 0 fully saturated rings. The van der Waals surface area contributed by atoms with E-state index in [1.165, 1.54) is 0 Å². The van der Waals surface area contributed by atoms with Crippen molar-refractivity contribution in [2.24, 2.45) is 0 Å². The highest BCUT2D eigenvalue weighted by Crippen LogP contribution is 2.18. The summed E-state index contributed by atoms with van der Waals surface area (Å²) < 4.78 is 7.54. The Hall–Kier alpha value is -1.81. The van der Waals surface area contributed by atoms with Gasteiger partial charge in [0.25, 0.3) is 0 Å². The van der Waals surface area contributed by atoms with Crippen LogP contribution in [0, 0.1) is 6.92 Å². The Bertz CT molecular complexity index is 494. The minimum absolute atomic E-state index is 0.00826. The Morgan fingerprint density at radius 2 is 2.29 bits per heavy atom. The summed E-state index contributed by atoms with van der Waals surface area (Å²) in [4.78, 5) is 4.18. The zero-order valence-electron chi connectivity index (χ0n) is 10.00. The fourth-order valence-corrected chi connectivity index (χ4v) is 1.63. The van der Waals surface area contributed by atoms with E-state index in [0.29, 0.717) is 0 Å². The molecular formula is C13H16N2O2. The highest BCUT2D eigenvalue weighted by molar-refractivity contribution is 5.40. The number of aryl methyl sites for hydroxylation is 1. The van der Waals surface area contributed by atoms with E-state index in [2.05, 4.69) is 4.98 Å². The number of rotatable bonds is 4. The Kier molecular flexibility index (Phi) is 3.44. The average Bonchev–Trinajstić information content (AvgIpc) is 2.75. The van der Waals surface area contributed by atoms with Crippen LogP contribution < -0.4 is 4.74 Å². The molecule has 0 bridgehead atoms. The largest absolute Gasteiger partial charge is 0.488 e. The lowest BCUT2D eigenvalue weighted by Gasteiger charge is -2.13. The van der Waals surface area contributed by atoms with Gasteiger partial charge in [-0.15, -0.1) is 0 Å². The average molecular weight is 232 g/mol. The lowest BCUT2D eigenvalue weighted by molar-refractivity contribution is 0.130. The molecule has 1 aromatic carbocycles. The van der Waals surface area contributed by atoms with Gasteiger partial charge in [-0.2, -0.15) is 0 Å². The molecule has 0 saturated carbocycles. The molecule has 0 radical (unpaired) electrons. The maximum Gasteiger partial charge on any atom is 0.121 e. The molecule has 2 aromatic rings. The molecule has 0 spiro atoms. The van der Waals surface area contributed by atoms with Crippen LogP contribution in [-0.2, 0) is 0 Å². The van der Waals surface area contributed by atoms with Crippen molar-refractivity contribution in [3.05, 3.63) is 42.5 Å². The SMILES string of the molecule is Cc1nccn1-c1cccc(OC(C)CO)c1. The molecule has 90 valence electrons. The summed E-state index contributed by atoms with van der Waals surface area (Å²) in [5, 5.41) is 8.95. The van der Waals surface area contributed by atoms with Gasteiger partial charge in [0.15, 0.2) is 0 Å². The van der Waals surface area contributed by atoms with Gasteiger partial charge in [-0.05, 0) is 26.0 Å². The second-order valence-corrected chi connectivity index (χ2v) is 3.95. The van der Waals surface area contributed by atoms with Crippen molar-refractivity contribution in [1.29, 1.82) is 0 Å². The first-order chi connectivity index (χ1) is 8.20. The Labute approximate surface area is 100 Å². The van der Waals surface area contributed by atoms with E-state index in [0.717, 1.165) is 17.3 Å². The molecule has 1 heterocycles. The maximum absolute atomic E-state index is 8.95. The third-order valence-corrected chi connectivity index (χ3v) is 2.52. The van der Waals surface area contributed by atoms with Crippen LogP contribution in [0.25, 0.3) is 5.69 Å². The summed E-state index contributed by atoms with van der Waals surface area (Å²) in [6, 6.07) is 7.72. The fourth-order valence-electron chi connectivity index (χ4n) is 1.63. The predicted molar refractivity (Wildman–Crippen MR) is 65.5 cm³/mol. The molecule has 4 nitrogen and oxygen atoms in total. The monoisotopic (exact) mass is 232 g/mol. The molecule has 0 amide bonds. The van der Waals surface area contributed by atoms with Crippen molar-refractivity contribution in [2.45, 2.75) is 20.0 Å². The summed E-state index contributed by atoms with van der Waals surface area (Å²) in [5.74, 6) is 1.68. The molecule has 4 heteroatoms. The van der Waals surface area contributed by atoms with E-state index in [-0.39, 0.29) is 12.7 Å². The number of aliphatic hydroxyl groups is 1. The summed E-state index contributed by atoms with van der Waals surface area (Å²) >= 11 is 0. The normalized spacial score (nSPS) is 12.4. The Morgan fingerprint density at radius 1 is 1.47 bits per heavy atom. The molecule has 1 aromatic heterocycles. The standard InChI is InChI=1S/C13H16N2O2/c1-10(9-16)17-13-5-3-4-12(8-13)15-7-6-14-11(15)2/h3-8,10,16H,9H2,1-2H3. The van der Waals surface area contributed by atoms with Gasteiger partial charge >= 0.3 is 0 Å².